The molecule has 0 aliphatic carbocycles. The maximum absolute atomic E-state index is 12.6. The van der Waals surface area contributed by atoms with Crippen LogP contribution in [0, 0.1) is 0 Å². The van der Waals surface area contributed by atoms with Crippen LogP contribution in [-0.2, 0) is 4.74 Å². The van der Waals surface area contributed by atoms with Crippen LogP contribution in [0.4, 0.5) is 0 Å². The van der Waals surface area contributed by atoms with E-state index >= 15 is 0 Å². The lowest BCUT2D eigenvalue weighted by atomic mass is 10.1. The van der Waals surface area contributed by atoms with Gasteiger partial charge in [-0.15, -0.1) is 0 Å². The Labute approximate surface area is 141 Å². The summed E-state index contributed by atoms with van der Waals surface area (Å²) in [5.41, 5.74) is 0.760. The summed E-state index contributed by atoms with van der Waals surface area (Å²) in [4.78, 5) is 17.1. The van der Waals surface area contributed by atoms with Gasteiger partial charge in [-0.3, -0.25) is 9.69 Å². The molecule has 5 heteroatoms. The quantitative estimate of drug-likeness (QED) is 0.748. The Morgan fingerprint density at radius 3 is 2.36 bits per heavy atom. The van der Waals surface area contributed by atoms with E-state index in [4.69, 9.17) is 4.74 Å². The Balaban J connectivity index is 1.98. The molecule has 0 radical (unpaired) electrons. The fourth-order valence-electron chi connectivity index (χ4n) is 3.13. The van der Waals surface area contributed by atoms with Gasteiger partial charge in [-0.25, -0.2) is 0 Å². The standard InChI is InChI=1S/C17H25BrN2O2/c1-13-11-19(12-14(2)20(13)9-4-10-22-3)17(21)15-5-7-16(18)8-6-15/h5-8,13-14H,4,9-12H2,1-3H3. The van der Waals surface area contributed by atoms with Crippen molar-refractivity contribution in [1.82, 2.24) is 9.80 Å². The maximum Gasteiger partial charge on any atom is 0.253 e. The first-order valence-corrected chi connectivity index (χ1v) is 8.61. The summed E-state index contributed by atoms with van der Waals surface area (Å²) in [5.74, 6) is 0.128. The minimum Gasteiger partial charge on any atom is -0.385 e. The van der Waals surface area contributed by atoms with Crippen molar-refractivity contribution in [2.24, 2.45) is 0 Å². The number of ether oxygens (including phenoxy) is 1. The minimum absolute atomic E-state index is 0.128. The van der Waals surface area contributed by atoms with Crippen LogP contribution < -0.4 is 0 Å². The Morgan fingerprint density at radius 1 is 1.23 bits per heavy atom. The number of nitrogens with zero attached hydrogens (tertiary/aromatic N) is 2. The number of hydrogen-bond acceptors (Lipinski definition) is 3. The third kappa shape index (κ3) is 4.31. The average Bonchev–Trinajstić information content (AvgIpc) is 2.50. The van der Waals surface area contributed by atoms with Gasteiger partial charge in [-0.05, 0) is 44.5 Å². The summed E-state index contributed by atoms with van der Waals surface area (Å²) < 4.78 is 6.13. The molecule has 0 aromatic heterocycles. The second-order valence-electron chi connectivity index (χ2n) is 6.00. The molecule has 1 saturated heterocycles. The molecule has 1 amide bonds. The van der Waals surface area contributed by atoms with Crippen molar-refractivity contribution in [3.8, 4) is 0 Å². The van der Waals surface area contributed by atoms with Gasteiger partial charge in [-0.1, -0.05) is 15.9 Å². The van der Waals surface area contributed by atoms with Crippen LogP contribution in [0.25, 0.3) is 0 Å². The highest BCUT2D eigenvalue weighted by Crippen LogP contribution is 2.19. The molecule has 2 unspecified atom stereocenters. The number of hydrogen-bond donors (Lipinski definition) is 0. The fraction of sp³-hybridized carbons (Fsp3) is 0.588. The topological polar surface area (TPSA) is 32.8 Å². The predicted molar refractivity (Wildman–Crippen MR) is 92.2 cm³/mol. The molecule has 0 saturated carbocycles. The Kier molecular flexibility index (Phi) is 6.41. The van der Waals surface area contributed by atoms with E-state index in [1.807, 2.05) is 29.2 Å². The summed E-state index contributed by atoms with van der Waals surface area (Å²) in [6.07, 6.45) is 1.03. The van der Waals surface area contributed by atoms with E-state index in [9.17, 15) is 4.79 Å². The monoisotopic (exact) mass is 368 g/mol. The van der Waals surface area contributed by atoms with Gasteiger partial charge in [-0.2, -0.15) is 0 Å². The van der Waals surface area contributed by atoms with Crippen LogP contribution in [0.2, 0.25) is 0 Å². The highest BCUT2D eigenvalue weighted by molar-refractivity contribution is 9.10. The number of halogens is 1. The van der Waals surface area contributed by atoms with Gasteiger partial charge in [0, 0.05) is 55.5 Å². The zero-order valence-corrected chi connectivity index (χ0v) is 15.2. The lowest BCUT2D eigenvalue weighted by Crippen LogP contribution is -2.58. The molecule has 1 aliphatic heterocycles. The predicted octanol–water partition coefficient (Wildman–Crippen LogP) is 3.02. The number of carbonyl (C=O) groups is 1. The van der Waals surface area contributed by atoms with E-state index in [0.717, 1.165) is 42.7 Å². The van der Waals surface area contributed by atoms with E-state index in [-0.39, 0.29) is 5.91 Å². The molecule has 1 aromatic carbocycles. The number of piperazine rings is 1. The van der Waals surface area contributed by atoms with Crippen LogP contribution in [0.15, 0.2) is 28.7 Å². The number of amides is 1. The van der Waals surface area contributed by atoms with Crippen molar-refractivity contribution >= 4 is 21.8 Å². The zero-order valence-electron chi connectivity index (χ0n) is 13.6. The molecule has 1 aromatic rings. The molecule has 0 spiro atoms. The first-order chi connectivity index (χ1) is 10.5. The number of benzene rings is 1. The number of rotatable bonds is 5. The largest absolute Gasteiger partial charge is 0.385 e. The summed E-state index contributed by atoms with van der Waals surface area (Å²) in [6.45, 7) is 7.78. The van der Waals surface area contributed by atoms with E-state index in [1.165, 1.54) is 0 Å². The summed E-state index contributed by atoms with van der Waals surface area (Å²) in [5, 5.41) is 0. The van der Waals surface area contributed by atoms with Crippen LogP contribution in [-0.4, -0.2) is 61.1 Å². The molecular weight excluding hydrogens is 344 g/mol. The third-order valence-electron chi connectivity index (χ3n) is 4.24. The van der Waals surface area contributed by atoms with Crippen molar-refractivity contribution in [3.63, 3.8) is 0 Å². The van der Waals surface area contributed by atoms with Crippen LogP contribution in [0.3, 0.4) is 0 Å². The summed E-state index contributed by atoms with van der Waals surface area (Å²) >= 11 is 3.41. The van der Waals surface area contributed by atoms with Gasteiger partial charge < -0.3 is 9.64 Å². The molecule has 1 heterocycles. The van der Waals surface area contributed by atoms with Crippen molar-refractivity contribution in [1.29, 1.82) is 0 Å². The van der Waals surface area contributed by atoms with E-state index < -0.39 is 0 Å². The first-order valence-electron chi connectivity index (χ1n) is 7.82. The lowest BCUT2D eigenvalue weighted by Gasteiger charge is -2.44. The Bertz CT molecular complexity index is 480. The normalized spacial score (nSPS) is 22.8. The number of methoxy groups -OCH3 is 1. The van der Waals surface area contributed by atoms with Crippen molar-refractivity contribution < 1.29 is 9.53 Å². The van der Waals surface area contributed by atoms with E-state index in [1.54, 1.807) is 7.11 Å². The van der Waals surface area contributed by atoms with Gasteiger partial charge >= 0.3 is 0 Å². The van der Waals surface area contributed by atoms with E-state index in [2.05, 4.69) is 34.7 Å². The molecule has 2 rings (SSSR count). The molecule has 0 N–H and O–H groups in total. The molecule has 2 atom stereocenters. The zero-order chi connectivity index (χ0) is 16.1. The molecular formula is C17H25BrN2O2. The van der Waals surface area contributed by atoms with Crippen LogP contribution in [0.1, 0.15) is 30.6 Å². The van der Waals surface area contributed by atoms with Crippen molar-refractivity contribution in [3.05, 3.63) is 34.3 Å². The molecule has 1 fully saturated rings. The number of carbonyl (C=O) groups excluding carboxylic acids is 1. The molecule has 22 heavy (non-hydrogen) atoms. The van der Waals surface area contributed by atoms with Gasteiger partial charge in [0.2, 0.25) is 0 Å². The smallest absolute Gasteiger partial charge is 0.253 e. The molecule has 122 valence electrons. The minimum atomic E-state index is 0.128. The molecule has 4 nitrogen and oxygen atoms in total. The Morgan fingerprint density at radius 2 is 1.82 bits per heavy atom. The van der Waals surface area contributed by atoms with Crippen LogP contribution >= 0.6 is 15.9 Å². The van der Waals surface area contributed by atoms with E-state index in [0.29, 0.717) is 12.1 Å². The Hall–Kier alpha value is -0.910. The third-order valence-corrected chi connectivity index (χ3v) is 4.77. The van der Waals surface area contributed by atoms with Gasteiger partial charge in [0.05, 0.1) is 0 Å². The summed E-state index contributed by atoms with van der Waals surface area (Å²) in [6, 6.07) is 8.35. The lowest BCUT2D eigenvalue weighted by molar-refractivity contribution is 0.0270. The summed E-state index contributed by atoms with van der Waals surface area (Å²) in [7, 11) is 1.74. The maximum atomic E-state index is 12.6. The second kappa shape index (κ2) is 8.09. The van der Waals surface area contributed by atoms with Crippen molar-refractivity contribution in [2.45, 2.75) is 32.4 Å². The van der Waals surface area contributed by atoms with Crippen LogP contribution in [0.5, 0.6) is 0 Å². The van der Waals surface area contributed by atoms with Gasteiger partial charge in [0.15, 0.2) is 0 Å². The van der Waals surface area contributed by atoms with Crippen molar-refractivity contribution in [2.75, 3.05) is 33.4 Å². The SMILES string of the molecule is COCCCN1C(C)CN(C(=O)c2ccc(Br)cc2)CC1C. The highest BCUT2D eigenvalue weighted by atomic mass is 79.9. The second-order valence-corrected chi connectivity index (χ2v) is 6.91. The molecule has 0 bridgehead atoms. The fourth-order valence-corrected chi connectivity index (χ4v) is 3.39. The molecule has 1 aliphatic rings. The van der Waals surface area contributed by atoms with Gasteiger partial charge in [0.25, 0.3) is 5.91 Å². The highest BCUT2D eigenvalue weighted by Gasteiger charge is 2.31. The average molecular weight is 369 g/mol. The first kappa shape index (κ1) is 17.4. The van der Waals surface area contributed by atoms with Gasteiger partial charge in [0.1, 0.15) is 0 Å².